The van der Waals surface area contributed by atoms with Crippen molar-refractivity contribution in [3.63, 3.8) is 0 Å². The first kappa shape index (κ1) is 20.1. The minimum Gasteiger partial charge on any atom is -0.382 e. The highest BCUT2D eigenvalue weighted by Gasteiger charge is 2.27. The largest absolute Gasteiger partial charge is 0.382 e. The van der Waals surface area contributed by atoms with Crippen molar-refractivity contribution in [3.8, 4) is 0 Å². The van der Waals surface area contributed by atoms with Gasteiger partial charge in [0.1, 0.15) is 18.5 Å². The summed E-state index contributed by atoms with van der Waals surface area (Å²) < 4.78 is 26.4. The van der Waals surface area contributed by atoms with E-state index >= 15 is 0 Å². The molecule has 1 aromatic heterocycles. The first-order valence-corrected chi connectivity index (χ1v) is 9.25. The third kappa shape index (κ3) is 3.97. The Labute approximate surface area is 159 Å². The van der Waals surface area contributed by atoms with E-state index < -0.39 is 22.9 Å². The average Bonchev–Trinajstić information content (AvgIpc) is 2.91. The van der Waals surface area contributed by atoms with Crippen molar-refractivity contribution in [2.24, 2.45) is 5.18 Å². The normalized spacial score (nSPS) is 13.2. The predicted octanol–water partition coefficient (Wildman–Crippen LogP) is 2.85. The molecule has 12 heteroatoms. The smallest absolute Gasteiger partial charge is 0.308 e. The molecule has 1 atom stereocenters. The highest BCUT2D eigenvalue weighted by atomic mass is 35.5. The van der Waals surface area contributed by atoms with E-state index in [0.717, 1.165) is 14.5 Å². The summed E-state index contributed by atoms with van der Waals surface area (Å²) in [7, 11) is -1.33. The lowest BCUT2D eigenvalue weighted by atomic mass is 10.1. The zero-order chi connectivity index (χ0) is 18.9. The Bertz CT molecular complexity index is 891. The van der Waals surface area contributed by atoms with E-state index in [4.69, 9.17) is 34.8 Å². The number of benzene rings is 1. The van der Waals surface area contributed by atoms with Gasteiger partial charge in [-0.3, -0.25) is 0 Å². The molecule has 0 aliphatic heterocycles. The van der Waals surface area contributed by atoms with Crippen molar-refractivity contribution < 1.29 is 13.5 Å². The number of halogens is 3. The van der Waals surface area contributed by atoms with Gasteiger partial charge in [-0.1, -0.05) is 40.0 Å². The van der Waals surface area contributed by atoms with Crippen LogP contribution in [0, 0.1) is 4.91 Å². The number of aliphatic hydroxyl groups excluding tert-OH is 1. The highest BCUT2D eigenvalue weighted by molar-refractivity contribution is 7.87. The maximum Gasteiger partial charge on any atom is 0.308 e. The molecule has 0 aliphatic rings. The second kappa shape index (κ2) is 7.56. The second-order valence-electron chi connectivity index (χ2n) is 5.14. The highest BCUT2D eigenvalue weighted by Crippen LogP contribution is 2.36. The molecular weight excluding hydrogens is 415 g/mol. The van der Waals surface area contributed by atoms with Gasteiger partial charge < -0.3 is 5.11 Å². The molecule has 0 saturated heterocycles. The summed E-state index contributed by atoms with van der Waals surface area (Å²) in [6, 6.07) is 2.77. The molecule has 8 nitrogen and oxygen atoms in total. The molecule has 0 aliphatic carbocycles. The Balaban J connectivity index is 2.59. The van der Waals surface area contributed by atoms with Crippen LogP contribution in [-0.2, 0) is 16.8 Å². The third-order valence-electron chi connectivity index (χ3n) is 3.28. The molecule has 0 spiro atoms. The van der Waals surface area contributed by atoms with Crippen LogP contribution >= 0.6 is 34.8 Å². The van der Waals surface area contributed by atoms with Gasteiger partial charge in [0.05, 0.1) is 5.69 Å². The van der Waals surface area contributed by atoms with Gasteiger partial charge in [0.2, 0.25) is 0 Å². The van der Waals surface area contributed by atoms with Gasteiger partial charge >= 0.3 is 10.2 Å². The fourth-order valence-electron chi connectivity index (χ4n) is 2.05. The van der Waals surface area contributed by atoms with Crippen LogP contribution in [0.5, 0.6) is 0 Å². The molecule has 1 N–H and O–H groups in total. The summed E-state index contributed by atoms with van der Waals surface area (Å²) in [5, 5.41) is 13.7. The van der Waals surface area contributed by atoms with Crippen molar-refractivity contribution in [1.82, 2.24) is 13.3 Å². The van der Waals surface area contributed by atoms with Gasteiger partial charge in [0.25, 0.3) is 0 Å². The standard InChI is InChI=1S/C13H13Cl3N4O4S/c1-19(2)25(23,24)20-6-10(18-11(20)5-17-22)13(21)12-8(15)3-7(14)4-9(12)16/h3-4,6,13,21H,5H2,1-2H3. The predicted molar refractivity (Wildman–Crippen MR) is 95.3 cm³/mol. The maximum atomic E-state index is 12.3. The van der Waals surface area contributed by atoms with Crippen LogP contribution in [0.2, 0.25) is 15.1 Å². The number of hydrogen-bond donors (Lipinski definition) is 1. The molecule has 0 saturated carbocycles. The third-order valence-corrected chi connectivity index (χ3v) is 5.86. The van der Waals surface area contributed by atoms with Crippen LogP contribution in [-0.4, -0.2) is 40.9 Å². The van der Waals surface area contributed by atoms with E-state index in [0.29, 0.717) is 0 Å². The van der Waals surface area contributed by atoms with Gasteiger partial charge in [0.15, 0.2) is 0 Å². The summed E-state index contributed by atoms with van der Waals surface area (Å²) in [6.07, 6.45) is -0.344. The summed E-state index contributed by atoms with van der Waals surface area (Å²) in [5.41, 5.74) is 0.0560. The number of aliphatic hydroxyl groups is 1. The van der Waals surface area contributed by atoms with E-state index in [9.17, 15) is 18.4 Å². The van der Waals surface area contributed by atoms with Crippen LogP contribution in [0.4, 0.5) is 0 Å². The average molecular weight is 428 g/mol. The van der Waals surface area contributed by atoms with E-state index in [-0.39, 0.29) is 32.1 Å². The number of nitrogens with zero attached hydrogens (tertiary/aromatic N) is 4. The van der Waals surface area contributed by atoms with Gasteiger partial charge in [-0.05, 0) is 12.1 Å². The molecule has 25 heavy (non-hydrogen) atoms. The van der Waals surface area contributed by atoms with Crippen LogP contribution in [0.1, 0.15) is 23.2 Å². The molecule has 2 rings (SSSR count). The minimum absolute atomic E-state index is 0.0600. The Morgan fingerprint density at radius 2 is 1.84 bits per heavy atom. The monoisotopic (exact) mass is 426 g/mol. The lowest BCUT2D eigenvalue weighted by molar-refractivity contribution is 0.216. The lowest BCUT2D eigenvalue weighted by Crippen LogP contribution is -2.29. The number of rotatable bonds is 6. The van der Waals surface area contributed by atoms with Crippen LogP contribution < -0.4 is 0 Å². The molecule has 2 aromatic rings. The van der Waals surface area contributed by atoms with Gasteiger partial charge in [0, 0.05) is 40.9 Å². The van der Waals surface area contributed by atoms with Crippen molar-refractivity contribution >= 4 is 45.0 Å². The van der Waals surface area contributed by atoms with E-state index in [2.05, 4.69) is 10.2 Å². The fourth-order valence-corrected chi connectivity index (χ4v) is 4.04. The SMILES string of the molecule is CN(C)S(=O)(=O)n1cc(C(O)c2c(Cl)cc(Cl)cc2Cl)nc1CN=O. The number of nitroso groups, excluding NO2 is 1. The second-order valence-corrected chi connectivity index (χ2v) is 8.41. The van der Waals surface area contributed by atoms with Gasteiger partial charge in [-0.2, -0.15) is 17.6 Å². The molecule has 0 radical (unpaired) electrons. The molecule has 0 amide bonds. The summed E-state index contributed by atoms with van der Waals surface area (Å²) in [5.74, 6) is -0.154. The molecule has 1 heterocycles. The first-order chi connectivity index (χ1) is 11.6. The van der Waals surface area contributed by atoms with Crippen molar-refractivity contribution in [2.75, 3.05) is 14.1 Å². The Hall–Kier alpha value is -1.23. The molecule has 1 aromatic carbocycles. The number of hydrogen-bond acceptors (Lipinski definition) is 6. The lowest BCUT2D eigenvalue weighted by Gasteiger charge is -2.14. The zero-order valence-corrected chi connectivity index (χ0v) is 16.1. The van der Waals surface area contributed by atoms with E-state index in [1.807, 2.05) is 0 Å². The van der Waals surface area contributed by atoms with E-state index in [1.54, 1.807) is 0 Å². The molecule has 0 fully saturated rings. The molecule has 0 bridgehead atoms. The van der Waals surface area contributed by atoms with Crippen LogP contribution in [0.15, 0.2) is 23.5 Å². The van der Waals surface area contributed by atoms with Gasteiger partial charge in [-0.15, -0.1) is 0 Å². The number of aromatic nitrogens is 2. The molecular formula is C13H13Cl3N4O4S. The summed E-state index contributed by atoms with van der Waals surface area (Å²) in [6.45, 7) is -0.498. The first-order valence-electron chi connectivity index (χ1n) is 6.72. The van der Waals surface area contributed by atoms with Crippen LogP contribution in [0.25, 0.3) is 0 Å². The summed E-state index contributed by atoms with van der Waals surface area (Å²) in [4.78, 5) is 14.6. The number of imidazole rings is 1. The van der Waals surface area contributed by atoms with Gasteiger partial charge in [-0.25, -0.2) is 8.96 Å². The molecule has 136 valence electrons. The molecule has 1 unspecified atom stereocenters. The maximum absolute atomic E-state index is 12.3. The quantitative estimate of drug-likeness (QED) is 0.714. The van der Waals surface area contributed by atoms with E-state index in [1.165, 1.54) is 26.2 Å². The van der Waals surface area contributed by atoms with Crippen molar-refractivity contribution in [2.45, 2.75) is 12.6 Å². The Morgan fingerprint density at radius 1 is 1.28 bits per heavy atom. The zero-order valence-electron chi connectivity index (χ0n) is 13.0. The topological polar surface area (TPSA) is 105 Å². The van der Waals surface area contributed by atoms with Crippen molar-refractivity contribution in [3.05, 3.63) is 55.4 Å². The fraction of sp³-hybridized carbons (Fsp3) is 0.308. The minimum atomic E-state index is -3.96. The Morgan fingerprint density at radius 3 is 2.32 bits per heavy atom. The van der Waals surface area contributed by atoms with Crippen molar-refractivity contribution in [1.29, 1.82) is 0 Å². The van der Waals surface area contributed by atoms with Crippen LogP contribution in [0.3, 0.4) is 0 Å². The summed E-state index contributed by atoms with van der Waals surface area (Å²) >= 11 is 18.0. The Kier molecular flexibility index (Phi) is 6.08.